The van der Waals surface area contributed by atoms with Crippen molar-refractivity contribution in [2.24, 2.45) is 7.05 Å². The summed E-state index contributed by atoms with van der Waals surface area (Å²) >= 11 is 7.31. The van der Waals surface area contributed by atoms with Crippen molar-refractivity contribution < 1.29 is 0 Å². The van der Waals surface area contributed by atoms with E-state index in [2.05, 4.69) is 4.98 Å². The van der Waals surface area contributed by atoms with Crippen LogP contribution in [0.25, 0.3) is 0 Å². The molecule has 0 N–H and O–H groups in total. The van der Waals surface area contributed by atoms with Crippen LogP contribution in [0.1, 0.15) is 5.56 Å². The number of aryl methyl sites for hydroxylation is 1. The largest absolute Gasteiger partial charge is 0.315 e. The van der Waals surface area contributed by atoms with E-state index in [1.165, 1.54) is 16.3 Å². The van der Waals surface area contributed by atoms with E-state index in [9.17, 15) is 4.79 Å². The van der Waals surface area contributed by atoms with Crippen molar-refractivity contribution in [2.75, 3.05) is 0 Å². The summed E-state index contributed by atoms with van der Waals surface area (Å²) < 4.78 is 1.52. The van der Waals surface area contributed by atoms with E-state index in [-0.39, 0.29) is 5.56 Å². The van der Waals surface area contributed by atoms with Crippen molar-refractivity contribution in [3.8, 4) is 0 Å². The Morgan fingerprint density at radius 2 is 2.29 bits per heavy atom. The lowest BCUT2D eigenvalue weighted by atomic mass is 10.2. The first kappa shape index (κ1) is 12.2. The number of hydrogen-bond acceptors (Lipinski definition) is 3. The van der Waals surface area contributed by atoms with Crippen LogP contribution in [-0.2, 0) is 12.8 Å². The highest BCUT2D eigenvalue weighted by Gasteiger charge is 2.04. The first-order valence-corrected chi connectivity index (χ1v) is 6.42. The molecule has 0 aliphatic heterocycles. The van der Waals surface area contributed by atoms with Crippen molar-refractivity contribution in [3.05, 3.63) is 57.6 Å². The van der Waals surface area contributed by atoms with Crippen LogP contribution >= 0.6 is 23.4 Å². The summed E-state index contributed by atoms with van der Waals surface area (Å²) in [6.07, 6.45) is 3.27. The third-order valence-corrected chi connectivity index (χ3v) is 3.52. The van der Waals surface area contributed by atoms with Gasteiger partial charge in [0, 0.05) is 30.2 Å². The molecule has 1 heterocycles. The summed E-state index contributed by atoms with van der Waals surface area (Å²) in [5, 5.41) is 1.21. The standard InChI is InChI=1S/C12H11ClN2OS/c1-15-6-5-14-11(12(15)16)17-8-9-3-2-4-10(13)7-9/h2-7H,8H2,1H3. The molecule has 0 saturated carbocycles. The number of nitrogens with zero attached hydrogens (tertiary/aromatic N) is 2. The summed E-state index contributed by atoms with van der Waals surface area (Å²) in [6.45, 7) is 0. The van der Waals surface area contributed by atoms with Gasteiger partial charge in [0.05, 0.1) is 0 Å². The molecule has 0 atom stereocenters. The fraction of sp³-hybridized carbons (Fsp3) is 0.167. The molecular formula is C12H11ClN2OS. The fourth-order valence-corrected chi connectivity index (χ4v) is 2.45. The van der Waals surface area contributed by atoms with Gasteiger partial charge in [0.2, 0.25) is 0 Å². The Labute approximate surface area is 108 Å². The molecule has 5 heteroatoms. The van der Waals surface area contributed by atoms with Gasteiger partial charge in [-0.25, -0.2) is 4.98 Å². The van der Waals surface area contributed by atoms with E-state index >= 15 is 0 Å². The average molecular weight is 267 g/mol. The van der Waals surface area contributed by atoms with Crippen molar-refractivity contribution in [2.45, 2.75) is 10.8 Å². The zero-order chi connectivity index (χ0) is 12.3. The molecule has 1 aromatic heterocycles. The molecule has 0 bridgehead atoms. The summed E-state index contributed by atoms with van der Waals surface area (Å²) in [5.74, 6) is 0.687. The van der Waals surface area contributed by atoms with E-state index in [1.54, 1.807) is 19.4 Å². The van der Waals surface area contributed by atoms with Crippen LogP contribution in [0.5, 0.6) is 0 Å². The first-order chi connectivity index (χ1) is 8.16. The number of aromatic nitrogens is 2. The summed E-state index contributed by atoms with van der Waals surface area (Å²) in [5.41, 5.74) is 1.01. The van der Waals surface area contributed by atoms with Crippen LogP contribution in [0, 0.1) is 0 Å². The van der Waals surface area contributed by atoms with Gasteiger partial charge in [0.1, 0.15) is 0 Å². The molecule has 0 fully saturated rings. The van der Waals surface area contributed by atoms with Crippen LogP contribution in [0.3, 0.4) is 0 Å². The molecule has 2 aromatic rings. The molecule has 88 valence electrons. The fourth-order valence-electron chi connectivity index (χ4n) is 1.35. The third-order valence-electron chi connectivity index (χ3n) is 2.25. The quantitative estimate of drug-likeness (QED) is 0.802. The van der Waals surface area contributed by atoms with Gasteiger partial charge in [-0.2, -0.15) is 0 Å². The zero-order valence-corrected chi connectivity index (χ0v) is 10.8. The van der Waals surface area contributed by atoms with Gasteiger partial charge in [0.15, 0.2) is 5.03 Å². The minimum absolute atomic E-state index is 0.0699. The third kappa shape index (κ3) is 3.11. The Morgan fingerprint density at radius 1 is 1.47 bits per heavy atom. The number of thioether (sulfide) groups is 1. The van der Waals surface area contributed by atoms with Crippen LogP contribution in [0.15, 0.2) is 46.5 Å². The van der Waals surface area contributed by atoms with Crippen molar-refractivity contribution >= 4 is 23.4 Å². The van der Waals surface area contributed by atoms with Crippen molar-refractivity contribution in [3.63, 3.8) is 0 Å². The second-order valence-corrected chi connectivity index (χ2v) is 4.97. The Kier molecular flexibility index (Phi) is 3.86. The molecule has 0 aliphatic rings. The highest BCUT2D eigenvalue weighted by molar-refractivity contribution is 7.98. The number of benzene rings is 1. The highest BCUT2D eigenvalue weighted by Crippen LogP contribution is 2.19. The maximum absolute atomic E-state index is 11.7. The van der Waals surface area contributed by atoms with E-state index in [0.29, 0.717) is 15.8 Å². The smallest absolute Gasteiger partial charge is 0.282 e. The van der Waals surface area contributed by atoms with Gasteiger partial charge in [0.25, 0.3) is 5.56 Å². The second-order valence-electron chi connectivity index (χ2n) is 3.57. The molecule has 0 saturated heterocycles. The molecule has 2 rings (SSSR count). The lowest BCUT2D eigenvalue weighted by Gasteiger charge is -2.02. The summed E-state index contributed by atoms with van der Waals surface area (Å²) in [7, 11) is 1.72. The lowest BCUT2D eigenvalue weighted by molar-refractivity contribution is 0.794. The van der Waals surface area contributed by atoms with E-state index in [1.807, 2.05) is 24.3 Å². The predicted octanol–water partition coefficient (Wildman–Crippen LogP) is 2.73. The zero-order valence-electron chi connectivity index (χ0n) is 9.26. The maximum Gasteiger partial charge on any atom is 0.282 e. The van der Waals surface area contributed by atoms with Gasteiger partial charge in [-0.3, -0.25) is 4.79 Å². The Bertz CT molecular complexity index is 583. The predicted molar refractivity (Wildman–Crippen MR) is 70.5 cm³/mol. The van der Waals surface area contributed by atoms with Crippen LogP contribution in [0.4, 0.5) is 0 Å². The van der Waals surface area contributed by atoms with Gasteiger partial charge in [-0.15, -0.1) is 0 Å². The van der Waals surface area contributed by atoms with Crippen LogP contribution in [0.2, 0.25) is 5.02 Å². The van der Waals surface area contributed by atoms with Gasteiger partial charge >= 0.3 is 0 Å². The minimum Gasteiger partial charge on any atom is -0.315 e. The maximum atomic E-state index is 11.7. The SMILES string of the molecule is Cn1ccnc(SCc2cccc(Cl)c2)c1=O. The Morgan fingerprint density at radius 3 is 3.06 bits per heavy atom. The normalized spacial score (nSPS) is 10.5. The molecule has 17 heavy (non-hydrogen) atoms. The van der Waals surface area contributed by atoms with Crippen LogP contribution < -0.4 is 5.56 Å². The Balaban J connectivity index is 2.13. The van der Waals surface area contributed by atoms with Gasteiger partial charge < -0.3 is 4.57 Å². The Hall–Kier alpha value is -1.26. The second kappa shape index (κ2) is 5.38. The minimum atomic E-state index is -0.0699. The highest BCUT2D eigenvalue weighted by atomic mass is 35.5. The van der Waals surface area contributed by atoms with Crippen molar-refractivity contribution in [1.82, 2.24) is 9.55 Å². The van der Waals surface area contributed by atoms with Crippen LogP contribution in [-0.4, -0.2) is 9.55 Å². The molecule has 1 aromatic carbocycles. The summed E-state index contributed by atoms with van der Waals surface area (Å²) in [6, 6.07) is 7.60. The molecular weight excluding hydrogens is 256 g/mol. The molecule has 3 nitrogen and oxygen atoms in total. The average Bonchev–Trinajstić information content (AvgIpc) is 2.31. The monoisotopic (exact) mass is 266 g/mol. The molecule has 0 spiro atoms. The van der Waals surface area contributed by atoms with Crippen molar-refractivity contribution in [1.29, 1.82) is 0 Å². The topological polar surface area (TPSA) is 34.9 Å². The first-order valence-electron chi connectivity index (χ1n) is 5.05. The van der Waals surface area contributed by atoms with Gasteiger partial charge in [-0.1, -0.05) is 35.5 Å². The molecule has 0 aliphatic carbocycles. The number of hydrogen-bond donors (Lipinski definition) is 0. The van der Waals surface area contributed by atoms with E-state index in [4.69, 9.17) is 11.6 Å². The number of halogens is 1. The van der Waals surface area contributed by atoms with Gasteiger partial charge in [-0.05, 0) is 17.7 Å². The number of rotatable bonds is 3. The molecule has 0 radical (unpaired) electrons. The lowest BCUT2D eigenvalue weighted by Crippen LogP contribution is -2.18. The van der Waals surface area contributed by atoms with E-state index in [0.717, 1.165) is 5.56 Å². The molecule has 0 amide bonds. The van der Waals surface area contributed by atoms with E-state index < -0.39 is 0 Å². The summed E-state index contributed by atoms with van der Waals surface area (Å²) in [4.78, 5) is 15.8. The molecule has 0 unspecified atom stereocenters.